The number of methoxy groups -OCH3 is 2. The van der Waals surface area contributed by atoms with Crippen LogP contribution in [-0.4, -0.2) is 37.0 Å². The summed E-state index contributed by atoms with van der Waals surface area (Å²) in [5, 5.41) is 21.6. The van der Waals surface area contributed by atoms with Gasteiger partial charge in [0.15, 0.2) is 17.3 Å². The predicted molar refractivity (Wildman–Crippen MR) is 101 cm³/mol. The zero-order valence-electron chi connectivity index (χ0n) is 16.0. The maximum Gasteiger partial charge on any atom is 0.335 e. The van der Waals surface area contributed by atoms with E-state index in [1.165, 1.54) is 50.3 Å². The molecular formula is C21H18NO7-. The average molecular weight is 396 g/mol. The molecule has 8 heteroatoms. The van der Waals surface area contributed by atoms with Gasteiger partial charge in [-0.15, -0.1) is 0 Å². The summed E-state index contributed by atoms with van der Waals surface area (Å²) < 4.78 is 10.5. The van der Waals surface area contributed by atoms with E-state index < -0.39 is 29.5 Å². The van der Waals surface area contributed by atoms with Gasteiger partial charge in [-0.1, -0.05) is 6.07 Å². The van der Waals surface area contributed by atoms with E-state index in [2.05, 4.69) is 0 Å². The van der Waals surface area contributed by atoms with Gasteiger partial charge in [-0.05, 0) is 54.6 Å². The minimum atomic E-state index is -1.12. The van der Waals surface area contributed by atoms with Crippen molar-refractivity contribution in [3.63, 3.8) is 0 Å². The van der Waals surface area contributed by atoms with Crippen molar-refractivity contribution >= 4 is 23.3 Å². The molecule has 0 bridgehead atoms. The zero-order chi connectivity index (χ0) is 21.3. The lowest BCUT2D eigenvalue weighted by atomic mass is 9.96. The van der Waals surface area contributed by atoms with Crippen LogP contribution in [0.2, 0.25) is 0 Å². The first kappa shape index (κ1) is 19.9. The van der Waals surface area contributed by atoms with Gasteiger partial charge in [0.2, 0.25) is 5.91 Å². The molecule has 150 valence electrons. The highest BCUT2D eigenvalue weighted by Gasteiger charge is 2.39. The molecule has 2 aromatic carbocycles. The number of hydrogen-bond donors (Lipinski definition) is 1. The molecule has 1 atom stereocenters. The number of ketones is 1. The summed E-state index contributed by atoms with van der Waals surface area (Å²) in [4.78, 5) is 37.2. The third-order valence-electron chi connectivity index (χ3n) is 4.68. The topological polar surface area (TPSA) is 116 Å². The van der Waals surface area contributed by atoms with Crippen molar-refractivity contribution in [1.29, 1.82) is 0 Å². The van der Waals surface area contributed by atoms with Crippen molar-refractivity contribution < 1.29 is 34.1 Å². The van der Waals surface area contributed by atoms with Gasteiger partial charge in [-0.3, -0.25) is 14.5 Å². The van der Waals surface area contributed by atoms with Gasteiger partial charge < -0.3 is 19.7 Å². The summed E-state index contributed by atoms with van der Waals surface area (Å²) in [6.07, 6.45) is 0. The average Bonchev–Trinajstić information content (AvgIpc) is 2.98. The Balaban J connectivity index is 2.16. The molecule has 0 saturated carbocycles. The fourth-order valence-corrected chi connectivity index (χ4v) is 3.32. The van der Waals surface area contributed by atoms with Crippen LogP contribution in [0.15, 0.2) is 53.8 Å². The molecule has 29 heavy (non-hydrogen) atoms. The lowest BCUT2D eigenvalue weighted by Gasteiger charge is -2.28. The minimum Gasteiger partial charge on any atom is -0.868 e. The molecule has 1 aliphatic heterocycles. The molecule has 0 aliphatic carbocycles. The summed E-state index contributed by atoms with van der Waals surface area (Å²) in [6.45, 7) is 1.23. The van der Waals surface area contributed by atoms with E-state index in [1.54, 1.807) is 18.2 Å². The molecule has 2 aromatic rings. The standard InChI is InChI=1S/C21H19NO7/c1-11(23)17-18(13-6-9-15(28-2)16(10-13)29-3)22(20(25)19(17)24)14-7-4-12(5-8-14)21(26)27/h4-10,18,24H,1-3H3,(H,26,27)/p-1/t18-/m0/s1. The Hall–Kier alpha value is -3.81. The van der Waals surface area contributed by atoms with Crippen LogP contribution >= 0.6 is 0 Å². The number of carbonyl (C=O) groups excluding carboxylic acids is 2. The van der Waals surface area contributed by atoms with Crippen molar-refractivity contribution in [3.05, 3.63) is 64.9 Å². The molecule has 0 radical (unpaired) electrons. The Labute approximate surface area is 166 Å². The van der Waals surface area contributed by atoms with Gasteiger partial charge in [0.1, 0.15) is 0 Å². The van der Waals surface area contributed by atoms with Crippen LogP contribution in [0.25, 0.3) is 0 Å². The molecule has 0 spiro atoms. The minimum absolute atomic E-state index is 0.0326. The Bertz CT molecular complexity index is 1020. The maximum absolute atomic E-state index is 12.7. The van der Waals surface area contributed by atoms with E-state index in [0.717, 1.165) is 0 Å². The van der Waals surface area contributed by atoms with Crippen molar-refractivity contribution in [2.45, 2.75) is 13.0 Å². The Morgan fingerprint density at radius 1 is 1.03 bits per heavy atom. The second kappa shape index (κ2) is 7.67. The van der Waals surface area contributed by atoms with E-state index >= 15 is 0 Å². The third-order valence-corrected chi connectivity index (χ3v) is 4.68. The number of amides is 1. The maximum atomic E-state index is 12.7. The first-order valence-corrected chi connectivity index (χ1v) is 8.61. The van der Waals surface area contributed by atoms with Gasteiger partial charge in [0, 0.05) is 11.3 Å². The van der Waals surface area contributed by atoms with E-state index in [1.807, 2.05) is 0 Å². The summed E-state index contributed by atoms with van der Waals surface area (Å²) in [6, 6.07) is 9.38. The van der Waals surface area contributed by atoms with Gasteiger partial charge in [-0.2, -0.15) is 0 Å². The van der Waals surface area contributed by atoms with Crippen LogP contribution in [0, 0.1) is 0 Å². The lowest BCUT2D eigenvalue weighted by molar-refractivity contribution is -0.298. The van der Waals surface area contributed by atoms with Gasteiger partial charge in [0.05, 0.1) is 25.8 Å². The van der Waals surface area contributed by atoms with E-state index in [0.29, 0.717) is 22.7 Å². The zero-order valence-corrected chi connectivity index (χ0v) is 16.0. The summed E-state index contributed by atoms with van der Waals surface area (Å²) in [5.74, 6) is -2.56. The van der Waals surface area contributed by atoms with Gasteiger partial charge in [-0.25, -0.2) is 4.79 Å². The fraction of sp³-hybridized carbons (Fsp3) is 0.190. The number of Topliss-reactive ketones (excluding diaryl/α,β-unsaturated/α-hetero) is 1. The van der Waals surface area contributed by atoms with E-state index in [4.69, 9.17) is 14.6 Å². The molecule has 8 nitrogen and oxygen atoms in total. The SMILES string of the molecule is COc1ccc([C@H]2C(C(C)=O)=C([O-])C(=O)N2c2ccc(C(=O)O)cc2)cc1OC. The van der Waals surface area contributed by atoms with E-state index in [9.17, 15) is 19.5 Å². The Morgan fingerprint density at radius 2 is 1.66 bits per heavy atom. The van der Waals surface area contributed by atoms with Crippen LogP contribution in [0.3, 0.4) is 0 Å². The van der Waals surface area contributed by atoms with Gasteiger partial charge in [0.25, 0.3) is 0 Å². The molecule has 3 rings (SSSR count). The van der Waals surface area contributed by atoms with Crippen LogP contribution in [0.1, 0.15) is 28.9 Å². The molecule has 0 unspecified atom stereocenters. The molecule has 1 N–H and O–H groups in total. The van der Waals surface area contributed by atoms with Crippen molar-refractivity contribution in [1.82, 2.24) is 0 Å². The normalized spacial score (nSPS) is 16.2. The van der Waals surface area contributed by atoms with Crippen LogP contribution < -0.4 is 19.5 Å². The molecule has 1 amide bonds. The summed E-state index contributed by atoms with van der Waals surface area (Å²) in [7, 11) is 2.92. The number of benzene rings is 2. The Kier molecular flexibility index (Phi) is 5.27. The number of carboxylic acid groups (broad SMARTS) is 1. The molecule has 0 fully saturated rings. The van der Waals surface area contributed by atoms with Gasteiger partial charge >= 0.3 is 5.97 Å². The van der Waals surface area contributed by atoms with E-state index in [-0.39, 0.29) is 11.1 Å². The highest BCUT2D eigenvalue weighted by molar-refractivity contribution is 6.15. The number of carboxylic acids is 1. The van der Waals surface area contributed by atoms with Crippen molar-refractivity contribution in [2.24, 2.45) is 0 Å². The number of ether oxygens (including phenoxy) is 2. The molecule has 1 aliphatic rings. The lowest BCUT2D eigenvalue weighted by Crippen LogP contribution is -2.32. The summed E-state index contributed by atoms with van der Waals surface area (Å²) >= 11 is 0. The third kappa shape index (κ3) is 3.40. The molecule has 0 saturated heterocycles. The number of rotatable bonds is 6. The van der Waals surface area contributed by atoms with Crippen molar-refractivity contribution in [3.8, 4) is 11.5 Å². The predicted octanol–water partition coefficient (Wildman–Crippen LogP) is 1.69. The first-order valence-electron chi connectivity index (χ1n) is 8.61. The summed E-state index contributed by atoms with van der Waals surface area (Å²) in [5.41, 5.74) is 0.647. The fourth-order valence-electron chi connectivity index (χ4n) is 3.32. The highest BCUT2D eigenvalue weighted by atomic mass is 16.5. The Morgan fingerprint density at radius 3 is 2.17 bits per heavy atom. The number of nitrogens with zero attached hydrogens (tertiary/aromatic N) is 1. The molecular weight excluding hydrogens is 378 g/mol. The first-order chi connectivity index (χ1) is 13.8. The highest BCUT2D eigenvalue weighted by Crippen LogP contribution is 2.42. The number of anilines is 1. The monoisotopic (exact) mass is 396 g/mol. The quantitative estimate of drug-likeness (QED) is 0.790. The smallest absolute Gasteiger partial charge is 0.335 e. The number of hydrogen-bond acceptors (Lipinski definition) is 6. The van der Waals surface area contributed by atoms with Crippen LogP contribution in [0.5, 0.6) is 11.5 Å². The molecule has 0 aromatic heterocycles. The van der Waals surface area contributed by atoms with Crippen molar-refractivity contribution in [2.75, 3.05) is 19.1 Å². The largest absolute Gasteiger partial charge is 0.868 e. The number of aromatic carboxylic acids is 1. The second-order valence-corrected chi connectivity index (χ2v) is 6.34. The number of carbonyl (C=O) groups is 3. The molecule has 1 heterocycles. The van der Waals surface area contributed by atoms with Crippen LogP contribution in [-0.2, 0) is 9.59 Å². The second-order valence-electron chi connectivity index (χ2n) is 6.34. The van der Waals surface area contributed by atoms with Crippen LogP contribution in [0.4, 0.5) is 5.69 Å².